The van der Waals surface area contributed by atoms with Gasteiger partial charge in [0.1, 0.15) is 0 Å². The van der Waals surface area contributed by atoms with Crippen LogP contribution in [-0.4, -0.2) is 27.8 Å². The van der Waals surface area contributed by atoms with E-state index in [1.807, 2.05) is 29.5 Å². The first-order valence-corrected chi connectivity index (χ1v) is 10.8. The Hall–Kier alpha value is -1.42. The fraction of sp³-hybridized carbons (Fsp3) is 0.158. The van der Waals surface area contributed by atoms with Crippen LogP contribution in [0.1, 0.15) is 18.1 Å². The van der Waals surface area contributed by atoms with Crippen molar-refractivity contribution < 1.29 is 19.4 Å². The molecule has 1 aliphatic heterocycles. The van der Waals surface area contributed by atoms with Gasteiger partial charge in [-0.25, -0.2) is 0 Å². The number of hydrogen-bond acceptors (Lipinski definition) is 5. The summed E-state index contributed by atoms with van der Waals surface area (Å²) in [6.45, 7) is 2.27. The molecule has 0 atom stereocenters. The number of phenols is 1. The van der Waals surface area contributed by atoms with Gasteiger partial charge in [-0.1, -0.05) is 29.3 Å². The van der Waals surface area contributed by atoms with E-state index in [0.29, 0.717) is 42.0 Å². The summed E-state index contributed by atoms with van der Waals surface area (Å²) in [5, 5.41) is 10.6. The van der Waals surface area contributed by atoms with E-state index < -0.39 is 5.91 Å². The highest BCUT2D eigenvalue weighted by molar-refractivity contribution is 14.1. The SMILES string of the molecule is CCOc1cc(/C=C2/SC(=O)N(Cc3ccc(Cl)cc3Cl)C2=O)cc(I)c1O. The minimum Gasteiger partial charge on any atom is -0.504 e. The van der Waals surface area contributed by atoms with Crippen molar-refractivity contribution in [1.29, 1.82) is 0 Å². The Morgan fingerprint density at radius 1 is 1.25 bits per heavy atom. The molecule has 0 spiro atoms. The number of carbonyl (C=O) groups is 2. The lowest BCUT2D eigenvalue weighted by Gasteiger charge is -2.13. The molecule has 0 radical (unpaired) electrons. The van der Waals surface area contributed by atoms with Crippen LogP contribution >= 0.6 is 57.6 Å². The van der Waals surface area contributed by atoms with Crippen molar-refractivity contribution in [2.24, 2.45) is 0 Å². The fourth-order valence-corrected chi connectivity index (χ4v) is 4.48. The standard InChI is InChI=1S/C19H14Cl2INO4S/c1-2-27-15-6-10(5-14(22)17(15)24)7-16-18(25)23(19(26)28-16)9-11-3-4-12(20)8-13(11)21/h3-8,24H,2,9H2,1H3/b16-7+. The molecule has 146 valence electrons. The first-order chi connectivity index (χ1) is 13.3. The van der Waals surface area contributed by atoms with Crippen LogP contribution in [0.25, 0.3) is 6.08 Å². The van der Waals surface area contributed by atoms with Crippen molar-refractivity contribution in [3.8, 4) is 11.5 Å². The Morgan fingerprint density at radius 3 is 2.68 bits per heavy atom. The maximum Gasteiger partial charge on any atom is 0.293 e. The molecule has 0 saturated carbocycles. The molecule has 1 saturated heterocycles. The Bertz CT molecular complexity index is 996. The highest BCUT2D eigenvalue weighted by atomic mass is 127. The van der Waals surface area contributed by atoms with Crippen LogP contribution in [0.4, 0.5) is 4.79 Å². The summed E-state index contributed by atoms with van der Waals surface area (Å²) in [7, 11) is 0. The normalized spacial score (nSPS) is 15.6. The number of phenolic OH excluding ortho intramolecular Hbond substituents is 1. The number of rotatable bonds is 5. The Labute approximate surface area is 189 Å². The number of ether oxygens (including phenoxy) is 1. The van der Waals surface area contributed by atoms with Gasteiger partial charge in [-0.05, 0) is 82.7 Å². The molecule has 3 rings (SSSR count). The van der Waals surface area contributed by atoms with Crippen LogP contribution in [0.2, 0.25) is 10.0 Å². The van der Waals surface area contributed by atoms with Crippen LogP contribution in [0.3, 0.4) is 0 Å². The molecule has 0 unspecified atom stereocenters. The van der Waals surface area contributed by atoms with Gasteiger partial charge in [0.25, 0.3) is 11.1 Å². The third-order valence-electron chi connectivity index (χ3n) is 3.87. The second-order valence-electron chi connectivity index (χ2n) is 5.79. The summed E-state index contributed by atoms with van der Waals surface area (Å²) in [5.74, 6) is -0.0278. The molecule has 1 heterocycles. The second kappa shape index (κ2) is 8.94. The number of carbonyl (C=O) groups excluding carboxylic acids is 2. The molecule has 2 amide bonds. The Morgan fingerprint density at radius 2 is 2.00 bits per heavy atom. The summed E-state index contributed by atoms with van der Waals surface area (Å²) in [6, 6.07) is 8.26. The summed E-state index contributed by atoms with van der Waals surface area (Å²) < 4.78 is 6.00. The van der Waals surface area contributed by atoms with Gasteiger partial charge in [0.05, 0.1) is 21.6 Å². The third kappa shape index (κ3) is 4.59. The predicted octanol–water partition coefficient (Wildman–Crippen LogP) is 5.94. The molecule has 2 aromatic carbocycles. The highest BCUT2D eigenvalue weighted by Crippen LogP contribution is 2.37. The van der Waals surface area contributed by atoms with Crippen molar-refractivity contribution in [2.45, 2.75) is 13.5 Å². The van der Waals surface area contributed by atoms with Crippen LogP contribution in [0, 0.1) is 3.57 Å². The van der Waals surface area contributed by atoms with Crippen LogP contribution in [-0.2, 0) is 11.3 Å². The van der Waals surface area contributed by atoms with E-state index >= 15 is 0 Å². The minimum atomic E-state index is -0.401. The molecule has 1 fully saturated rings. The Balaban J connectivity index is 1.87. The van der Waals surface area contributed by atoms with E-state index in [4.69, 9.17) is 27.9 Å². The van der Waals surface area contributed by atoms with Crippen LogP contribution in [0.15, 0.2) is 35.2 Å². The topological polar surface area (TPSA) is 66.8 Å². The number of halogens is 3. The molecule has 28 heavy (non-hydrogen) atoms. The lowest BCUT2D eigenvalue weighted by Crippen LogP contribution is -2.27. The van der Waals surface area contributed by atoms with E-state index in [2.05, 4.69) is 0 Å². The Kier molecular flexibility index (Phi) is 6.80. The van der Waals surface area contributed by atoms with E-state index in [9.17, 15) is 14.7 Å². The lowest BCUT2D eigenvalue weighted by molar-refractivity contribution is -0.123. The van der Waals surface area contributed by atoms with Crippen LogP contribution in [0.5, 0.6) is 11.5 Å². The zero-order chi connectivity index (χ0) is 20.4. The average molecular weight is 550 g/mol. The monoisotopic (exact) mass is 549 g/mol. The maximum absolute atomic E-state index is 12.7. The predicted molar refractivity (Wildman–Crippen MR) is 120 cm³/mol. The first-order valence-electron chi connectivity index (χ1n) is 8.14. The van der Waals surface area contributed by atoms with Crippen molar-refractivity contribution in [1.82, 2.24) is 4.90 Å². The summed E-state index contributed by atoms with van der Waals surface area (Å²) in [6.07, 6.45) is 1.61. The molecule has 0 aliphatic carbocycles. The molecule has 5 nitrogen and oxygen atoms in total. The lowest BCUT2D eigenvalue weighted by atomic mass is 10.1. The van der Waals surface area contributed by atoms with Crippen molar-refractivity contribution in [3.05, 3.63) is 60.0 Å². The maximum atomic E-state index is 12.7. The molecule has 1 aliphatic rings. The van der Waals surface area contributed by atoms with Crippen molar-refractivity contribution in [3.63, 3.8) is 0 Å². The van der Waals surface area contributed by atoms with Gasteiger partial charge in [0.2, 0.25) is 0 Å². The zero-order valence-corrected chi connectivity index (χ0v) is 19.0. The summed E-state index contributed by atoms with van der Waals surface area (Å²) in [4.78, 5) is 26.5. The highest BCUT2D eigenvalue weighted by Gasteiger charge is 2.35. The van der Waals surface area contributed by atoms with Gasteiger partial charge in [0.15, 0.2) is 11.5 Å². The number of amides is 2. The van der Waals surface area contributed by atoms with Gasteiger partial charge in [-0.15, -0.1) is 0 Å². The third-order valence-corrected chi connectivity index (χ3v) is 6.18. The summed E-state index contributed by atoms with van der Waals surface area (Å²) in [5.41, 5.74) is 1.29. The molecule has 2 aromatic rings. The minimum absolute atomic E-state index is 0.0464. The quantitative estimate of drug-likeness (QED) is 0.369. The molecular formula is C19H14Cl2INO4S. The van der Waals surface area contributed by atoms with Gasteiger partial charge in [0, 0.05) is 10.0 Å². The second-order valence-corrected chi connectivity index (χ2v) is 8.79. The smallest absolute Gasteiger partial charge is 0.293 e. The number of aromatic hydroxyl groups is 1. The van der Waals surface area contributed by atoms with Crippen LogP contribution < -0.4 is 4.74 Å². The number of imide groups is 1. The number of benzene rings is 2. The largest absolute Gasteiger partial charge is 0.504 e. The van der Waals surface area contributed by atoms with Gasteiger partial charge >= 0.3 is 0 Å². The van der Waals surface area contributed by atoms with Gasteiger partial charge in [-0.2, -0.15) is 0 Å². The molecule has 0 aromatic heterocycles. The van der Waals surface area contributed by atoms with Gasteiger partial charge < -0.3 is 9.84 Å². The zero-order valence-electron chi connectivity index (χ0n) is 14.5. The van der Waals surface area contributed by atoms with Gasteiger partial charge in [-0.3, -0.25) is 14.5 Å². The first kappa shape index (κ1) is 21.3. The summed E-state index contributed by atoms with van der Waals surface area (Å²) >= 11 is 14.9. The van der Waals surface area contributed by atoms with E-state index in [1.165, 1.54) is 0 Å². The fourth-order valence-electron chi connectivity index (χ4n) is 2.55. The molecular weight excluding hydrogens is 536 g/mol. The molecule has 1 N–H and O–H groups in total. The van der Waals surface area contributed by atoms with E-state index in [1.54, 1.807) is 36.4 Å². The van der Waals surface area contributed by atoms with Crippen molar-refractivity contribution in [2.75, 3.05) is 6.61 Å². The number of nitrogens with zero attached hydrogens (tertiary/aromatic N) is 1. The molecule has 0 bridgehead atoms. The number of hydrogen-bond donors (Lipinski definition) is 1. The average Bonchev–Trinajstić information content (AvgIpc) is 2.89. The van der Waals surface area contributed by atoms with Crippen molar-refractivity contribution >= 4 is 74.8 Å². The van der Waals surface area contributed by atoms with E-state index in [-0.39, 0.29) is 17.5 Å². The molecule has 9 heteroatoms. The van der Waals surface area contributed by atoms with E-state index in [0.717, 1.165) is 16.7 Å². The number of thioether (sulfide) groups is 1.